The van der Waals surface area contributed by atoms with Crippen molar-refractivity contribution in [2.45, 2.75) is 5.66 Å². The van der Waals surface area contributed by atoms with Gasteiger partial charge in [-0.2, -0.15) is 0 Å². The Kier molecular flexibility index (Phi) is 4.44. The van der Waals surface area contributed by atoms with Crippen LogP contribution in [0.3, 0.4) is 0 Å². The van der Waals surface area contributed by atoms with Crippen molar-refractivity contribution in [3.8, 4) is 0 Å². The molecule has 1 aliphatic rings. The van der Waals surface area contributed by atoms with E-state index >= 15 is 0 Å². The van der Waals surface area contributed by atoms with Crippen molar-refractivity contribution in [3.63, 3.8) is 0 Å². The maximum Gasteiger partial charge on any atom is 0.210 e. The zero-order valence-corrected chi connectivity index (χ0v) is 15.1. The zero-order chi connectivity index (χ0) is 18.9. The lowest BCUT2D eigenvalue weighted by atomic mass is 10.00. The lowest BCUT2D eigenvalue weighted by molar-refractivity contribution is 0.0937. The number of aliphatic imine (C=N–C) groups is 1. The molecule has 1 heterocycles. The summed E-state index contributed by atoms with van der Waals surface area (Å²) in [5.41, 5.74) is 6.91. The molecule has 0 saturated carbocycles. The van der Waals surface area contributed by atoms with Gasteiger partial charge in [0, 0.05) is 21.4 Å². The first kappa shape index (κ1) is 17.3. The van der Waals surface area contributed by atoms with Crippen molar-refractivity contribution >= 4 is 29.3 Å². The summed E-state index contributed by atoms with van der Waals surface area (Å²) in [6, 6.07) is 23.9. The molecule has 3 aromatic carbocycles. The van der Waals surface area contributed by atoms with Crippen molar-refractivity contribution in [2.75, 3.05) is 0 Å². The number of para-hydroxylation sites is 1. The summed E-state index contributed by atoms with van der Waals surface area (Å²) >= 11 is 5.92. The number of carbonyl (C=O) groups excluding carboxylic acids is 1. The van der Waals surface area contributed by atoms with Crippen molar-refractivity contribution in [3.05, 3.63) is 106 Å². The van der Waals surface area contributed by atoms with Crippen LogP contribution in [0.25, 0.3) is 5.70 Å². The highest BCUT2D eigenvalue weighted by atomic mass is 35.5. The van der Waals surface area contributed by atoms with Gasteiger partial charge in [-0.05, 0) is 30.3 Å². The highest BCUT2D eigenvalue weighted by molar-refractivity contribution is 6.30. The van der Waals surface area contributed by atoms with Gasteiger partial charge >= 0.3 is 0 Å². The molecule has 3 aromatic rings. The molecular weight excluding hydrogens is 358 g/mol. The number of halogens is 1. The van der Waals surface area contributed by atoms with Gasteiger partial charge in [0.15, 0.2) is 0 Å². The lowest BCUT2D eigenvalue weighted by Crippen LogP contribution is -2.49. The molecule has 4 nitrogen and oxygen atoms in total. The highest BCUT2D eigenvalue weighted by Crippen LogP contribution is 2.18. The smallest absolute Gasteiger partial charge is 0.210 e. The van der Waals surface area contributed by atoms with E-state index in [9.17, 15) is 4.79 Å². The Balaban J connectivity index is 1.90. The number of benzene rings is 3. The molecule has 0 bridgehead atoms. The van der Waals surface area contributed by atoms with Crippen molar-refractivity contribution in [1.29, 1.82) is 0 Å². The van der Waals surface area contributed by atoms with Gasteiger partial charge in [-0.15, -0.1) is 0 Å². The third-order valence-corrected chi connectivity index (χ3v) is 4.62. The number of fused-ring (bicyclic) bond motifs is 1. The second-order valence-electron chi connectivity index (χ2n) is 6.26. The number of carbonyl (C=O) groups is 1. The molecule has 0 fully saturated rings. The molecule has 5 heteroatoms. The van der Waals surface area contributed by atoms with E-state index in [4.69, 9.17) is 17.3 Å². The van der Waals surface area contributed by atoms with Crippen LogP contribution < -0.4 is 16.3 Å². The second-order valence-corrected chi connectivity index (χ2v) is 6.70. The molecule has 0 saturated heterocycles. The van der Waals surface area contributed by atoms with Gasteiger partial charge < -0.3 is 0 Å². The van der Waals surface area contributed by atoms with Crippen LogP contribution >= 0.6 is 11.6 Å². The van der Waals surface area contributed by atoms with E-state index in [1.54, 1.807) is 24.3 Å². The largest absolute Gasteiger partial charge is 0.296 e. The minimum atomic E-state index is -1.60. The van der Waals surface area contributed by atoms with Gasteiger partial charge in [-0.3, -0.25) is 15.5 Å². The summed E-state index contributed by atoms with van der Waals surface area (Å²) < 4.78 is 0. The Hall–Kier alpha value is -3.08. The molecule has 0 radical (unpaired) electrons. The Morgan fingerprint density at radius 2 is 1.56 bits per heavy atom. The fraction of sp³-hybridized carbons (Fsp3) is 0.0455. The predicted octanol–water partition coefficient (Wildman–Crippen LogP) is 2.74. The third-order valence-electron chi connectivity index (χ3n) is 4.37. The molecule has 27 heavy (non-hydrogen) atoms. The first-order chi connectivity index (χ1) is 13.1. The van der Waals surface area contributed by atoms with Crippen LogP contribution in [0, 0.1) is 0 Å². The fourth-order valence-electron chi connectivity index (χ4n) is 3.00. The molecular formula is C22H16ClN3O. The van der Waals surface area contributed by atoms with Gasteiger partial charge in [-0.1, -0.05) is 60.1 Å². The summed E-state index contributed by atoms with van der Waals surface area (Å²) in [6.07, 6.45) is 1.42. The lowest BCUT2D eigenvalue weighted by Gasteiger charge is -2.18. The number of nitrogens with two attached hydrogens (primary N) is 1. The van der Waals surface area contributed by atoms with Crippen LogP contribution in [-0.2, 0) is 0 Å². The maximum absolute atomic E-state index is 13.1. The molecule has 1 unspecified atom stereocenters. The van der Waals surface area contributed by atoms with E-state index in [1.165, 1.54) is 6.21 Å². The maximum atomic E-state index is 13.1. The van der Waals surface area contributed by atoms with E-state index in [2.05, 4.69) is 9.98 Å². The second kappa shape index (κ2) is 6.91. The highest BCUT2D eigenvalue weighted by Gasteiger charge is 2.33. The van der Waals surface area contributed by atoms with Crippen LogP contribution in [0.5, 0.6) is 0 Å². The molecule has 1 atom stereocenters. The molecule has 4 rings (SSSR count). The van der Waals surface area contributed by atoms with Gasteiger partial charge in [-0.25, -0.2) is 4.99 Å². The van der Waals surface area contributed by atoms with Crippen LogP contribution in [0.2, 0.25) is 5.02 Å². The number of rotatable bonds is 3. The van der Waals surface area contributed by atoms with Crippen molar-refractivity contribution in [2.24, 2.45) is 15.7 Å². The summed E-state index contributed by atoms with van der Waals surface area (Å²) in [5, 5.41) is 2.00. The topological polar surface area (TPSA) is 67.8 Å². The summed E-state index contributed by atoms with van der Waals surface area (Å²) in [6.45, 7) is 0. The van der Waals surface area contributed by atoms with E-state index < -0.39 is 5.66 Å². The molecule has 132 valence electrons. The number of hydrogen-bond acceptors (Lipinski definition) is 4. The summed E-state index contributed by atoms with van der Waals surface area (Å²) in [4.78, 5) is 22.2. The Bertz CT molecular complexity index is 1150. The van der Waals surface area contributed by atoms with Crippen LogP contribution in [0.1, 0.15) is 15.9 Å². The van der Waals surface area contributed by atoms with E-state index in [0.717, 1.165) is 16.5 Å². The van der Waals surface area contributed by atoms with Crippen molar-refractivity contribution < 1.29 is 4.79 Å². The molecule has 0 amide bonds. The van der Waals surface area contributed by atoms with Crippen LogP contribution in [0.4, 0.5) is 0 Å². The standard InChI is InChI=1S/C22H16ClN3O/c23-17-12-10-16(11-13-17)21(27)22(24)14-25-20(15-6-2-1-3-7-15)18-8-4-5-9-19(18)26-22/h1-14H,24H2. The molecule has 0 aromatic heterocycles. The number of Topliss-reactive ketones (excluding diaryl/α,β-unsaturated/α-hetero) is 1. The fourth-order valence-corrected chi connectivity index (χ4v) is 3.13. The third kappa shape index (κ3) is 3.33. The minimum absolute atomic E-state index is 0.341. The van der Waals surface area contributed by atoms with Crippen LogP contribution in [0.15, 0.2) is 88.8 Å². The first-order valence-corrected chi connectivity index (χ1v) is 8.84. The van der Waals surface area contributed by atoms with Gasteiger partial charge in [0.2, 0.25) is 11.4 Å². The monoisotopic (exact) mass is 373 g/mol. The number of ketones is 1. The van der Waals surface area contributed by atoms with Gasteiger partial charge in [0.1, 0.15) is 0 Å². The Morgan fingerprint density at radius 1 is 0.889 bits per heavy atom. The summed E-state index contributed by atoms with van der Waals surface area (Å²) in [5.74, 6) is -0.341. The molecule has 0 aliphatic carbocycles. The minimum Gasteiger partial charge on any atom is -0.296 e. The average Bonchev–Trinajstić information content (AvgIpc) is 2.85. The molecule has 2 N–H and O–H groups in total. The zero-order valence-electron chi connectivity index (χ0n) is 14.3. The summed E-state index contributed by atoms with van der Waals surface area (Å²) in [7, 11) is 0. The number of hydrogen-bond donors (Lipinski definition) is 1. The molecule has 1 aliphatic heterocycles. The van der Waals surface area contributed by atoms with Crippen LogP contribution in [-0.4, -0.2) is 17.7 Å². The average molecular weight is 374 g/mol. The number of nitrogens with zero attached hydrogens (tertiary/aromatic N) is 2. The van der Waals surface area contributed by atoms with Crippen molar-refractivity contribution in [1.82, 2.24) is 0 Å². The predicted molar refractivity (Wildman–Crippen MR) is 107 cm³/mol. The Morgan fingerprint density at radius 3 is 2.30 bits per heavy atom. The first-order valence-electron chi connectivity index (χ1n) is 8.46. The Labute approximate surface area is 161 Å². The molecule has 0 spiro atoms. The SMILES string of the molecule is NC1(C(=O)c2ccc(Cl)cc2)C=NC(c2ccccc2)=c2ccccc2=N1. The van der Waals surface area contributed by atoms with Gasteiger partial charge in [0.05, 0.1) is 17.3 Å². The quantitative estimate of drug-likeness (QED) is 0.717. The van der Waals surface area contributed by atoms with E-state index in [1.807, 2.05) is 54.6 Å². The van der Waals surface area contributed by atoms with E-state index in [-0.39, 0.29) is 5.78 Å². The normalized spacial score (nSPS) is 18.4. The van der Waals surface area contributed by atoms with E-state index in [0.29, 0.717) is 15.9 Å². The van der Waals surface area contributed by atoms with Gasteiger partial charge in [0.25, 0.3) is 0 Å².